The summed E-state index contributed by atoms with van der Waals surface area (Å²) in [6.45, 7) is 3.91. The first kappa shape index (κ1) is 46.0. The SMILES string of the molecule is CCCC=O.CCO.O.O.O=O.OO.OO.[2HH]. The summed E-state index contributed by atoms with van der Waals surface area (Å²) in [4.78, 5) is 23.4. The van der Waals surface area contributed by atoms with Gasteiger partial charge in [-0.25, -0.2) is 0 Å². The van der Waals surface area contributed by atoms with Gasteiger partial charge in [0.25, 0.3) is 0 Å². The third kappa shape index (κ3) is 1910. The summed E-state index contributed by atoms with van der Waals surface area (Å²) in [5.74, 6) is 0. The van der Waals surface area contributed by atoms with Crippen LogP contribution in [0.1, 0.15) is 28.1 Å². The average molecular weight is 257 g/mol. The summed E-state index contributed by atoms with van der Waals surface area (Å²) >= 11 is 0. The lowest BCUT2D eigenvalue weighted by Crippen LogP contribution is -1.64. The van der Waals surface area contributed by atoms with E-state index in [1.54, 1.807) is 6.92 Å². The highest BCUT2D eigenvalue weighted by Gasteiger charge is 1.66. The lowest BCUT2D eigenvalue weighted by Gasteiger charge is -1.68. The van der Waals surface area contributed by atoms with Gasteiger partial charge < -0.3 is 20.9 Å². The van der Waals surface area contributed by atoms with Crippen molar-refractivity contribution in [2.45, 2.75) is 26.7 Å². The van der Waals surface area contributed by atoms with Crippen molar-refractivity contribution in [1.82, 2.24) is 0 Å². The topological polar surface area (TPSA) is 215 Å². The Bertz CT molecular complexity index is 58.1. The first-order valence-electron chi connectivity index (χ1n) is 3.44. The maximum atomic E-state index is 9.40. The van der Waals surface area contributed by atoms with Gasteiger partial charge in [0.2, 0.25) is 0 Å². The monoisotopic (exact) mass is 257 g/mol. The van der Waals surface area contributed by atoms with Crippen molar-refractivity contribution in [2.75, 3.05) is 6.61 Å². The standard InChI is InChI=1S/C4H8O.C2H6O.2H2O2.O2.2H2O.H2/c1-2-3-4-5;1-2-3;3*1-2;;;/h4H,2-3H2,1H3;3H,2H2,1H3;2*1-2H;;2*1H2;1H/i;;;;;;;1+1. The van der Waals surface area contributed by atoms with Gasteiger partial charge in [-0.3, -0.25) is 21.0 Å². The van der Waals surface area contributed by atoms with E-state index in [1.165, 1.54) is 0 Å². The van der Waals surface area contributed by atoms with Gasteiger partial charge in [0.1, 0.15) is 6.29 Å². The molecule has 9 N–H and O–H groups in total. The summed E-state index contributed by atoms with van der Waals surface area (Å²) in [5.41, 5.74) is 0. The van der Waals surface area contributed by atoms with Crippen molar-refractivity contribution in [1.29, 1.82) is 0 Å². The summed E-state index contributed by atoms with van der Waals surface area (Å²) in [7, 11) is 0. The predicted molar refractivity (Wildman–Crippen MR) is 60.3 cm³/mol. The van der Waals surface area contributed by atoms with Crippen molar-refractivity contribution in [3.8, 4) is 0 Å². The second-order valence-corrected chi connectivity index (χ2v) is 1.27. The molecule has 0 heterocycles. The highest BCUT2D eigenvalue weighted by molar-refractivity contribution is 5.48. The van der Waals surface area contributed by atoms with E-state index in [4.69, 9.17) is 36.1 Å². The molecule has 10 heteroatoms. The summed E-state index contributed by atoms with van der Waals surface area (Å²) in [6.07, 6.45) is 2.61. The molecule has 16 heavy (non-hydrogen) atoms. The molecule has 0 aliphatic heterocycles. The molecule has 0 unspecified atom stereocenters. The van der Waals surface area contributed by atoms with Crippen molar-refractivity contribution in [3.05, 3.63) is 9.93 Å². The minimum atomic E-state index is 0. The second-order valence-electron chi connectivity index (χ2n) is 1.27. The van der Waals surface area contributed by atoms with Crippen LogP contribution in [-0.4, -0.2) is 50.0 Å². The first-order chi connectivity index (χ1) is 6.83. The Kier molecular flexibility index (Phi) is 758. The van der Waals surface area contributed by atoms with Gasteiger partial charge in [-0.1, -0.05) is 6.92 Å². The molecule has 0 fully saturated rings. The number of carbonyl (C=O) groups excluding carboxylic acids is 1. The van der Waals surface area contributed by atoms with E-state index in [1.807, 2.05) is 6.92 Å². The molecule has 0 rings (SSSR count). The molecule has 0 aliphatic rings. The molecule has 0 bridgehead atoms. The zero-order chi connectivity index (χ0) is 12.8. The molecule has 108 valence electrons. The molecule has 0 aromatic carbocycles. The molecule has 0 aliphatic carbocycles. The van der Waals surface area contributed by atoms with Gasteiger partial charge in [-0.2, -0.15) is 0 Å². The molecule has 0 saturated carbocycles. The number of aldehydes is 1. The molecular weight excluding hydrogens is 232 g/mol. The van der Waals surface area contributed by atoms with E-state index in [-0.39, 0.29) is 19.0 Å². The van der Waals surface area contributed by atoms with E-state index in [0.717, 1.165) is 12.7 Å². The van der Waals surface area contributed by atoms with E-state index < -0.39 is 0 Å². The van der Waals surface area contributed by atoms with E-state index in [2.05, 4.69) is 0 Å². The van der Waals surface area contributed by atoms with Gasteiger partial charge in [0.15, 0.2) is 0 Å². The number of carbonyl (C=O) groups is 1. The largest absolute Gasteiger partial charge is 0.412 e. The van der Waals surface area contributed by atoms with E-state index in [0.29, 0.717) is 6.42 Å². The zero-order valence-corrected chi connectivity index (χ0v) is 9.16. The van der Waals surface area contributed by atoms with Crippen LogP contribution in [0.3, 0.4) is 0 Å². The Morgan fingerprint density at radius 3 is 1.19 bits per heavy atom. The normalized spacial score (nSPS) is 4.44. The highest BCUT2D eigenvalue weighted by Crippen LogP contribution is 1.74. The van der Waals surface area contributed by atoms with Crippen molar-refractivity contribution in [2.24, 2.45) is 0 Å². The number of aliphatic hydroxyl groups excluding tert-OH is 1. The second kappa shape index (κ2) is 264. The fourth-order valence-electron chi connectivity index (χ4n) is 0.118. The maximum absolute atomic E-state index is 9.40. The van der Waals surface area contributed by atoms with Crippen LogP contribution in [0.15, 0.2) is 0 Å². The average Bonchev–Trinajstić information content (AvgIpc) is 2.29. The maximum Gasteiger partial charge on any atom is 0.119 e. The van der Waals surface area contributed by atoms with Crippen molar-refractivity contribution in [3.63, 3.8) is 0 Å². The van der Waals surface area contributed by atoms with Crippen molar-refractivity contribution >= 4 is 6.29 Å². The Labute approximate surface area is 94.0 Å². The molecular formula is C6H24O10. The molecule has 0 atom stereocenters. The van der Waals surface area contributed by atoms with Gasteiger partial charge in [-0.15, -0.1) is 0 Å². The fraction of sp³-hybridized carbons (Fsp3) is 0.833. The number of aliphatic hydroxyl groups is 1. The third-order valence-corrected chi connectivity index (χ3v) is 0.407. The number of rotatable bonds is 2. The van der Waals surface area contributed by atoms with Gasteiger partial charge >= 0.3 is 0 Å². The quantitative estimate of drug-likeness (QED) is 0.250. The Morgan fingerprint density at radius 1 is 1.00 bits per heavy atom. The summed E-state index contributed by atoms with van der Waals surface area (Å²) in [5, 5.41) is 31.6. The van der Waals surface area contributed by atoms with Gasteiger partial charge in [0, 0.05) is 24.4 Å². The van der Waals surface area contributed by atoms with Crippen LogP contribution in [0.2, 0.25) is 0 Å². The molecule has 0 spiro atoms. The molecule has 0 aromatic heterocycles. The van der Waals surface area contributed by atoms with Crippen molar-refractivity contribution < 1.29 is 43.3 Å². The Morgan fingerprint density at radius 2 is 1.19 bits per heavy atom. The zero-order valence-electron chi connectivity index (χ0n) is 9.16. The first-order valence-corrected chi connectivity index (χ1v) is 3.44. The Balaban J connectivity index is -0.0000000101. The fourth-order valence-corrected chi connectivity index (χ4v) is 0.118. The van der Waals surface area contributed by atoms with Crippen LogP contribution in [0, 0.1) is 9.93 Å². The lowest BCUT2D eigenvalue weighted by atomic mass is 10.4. The van der Waals surface area contributed by atoms with Crippen LogP contribution >= 0.6 is 0 Å². The third-order valence-electron chi connectivity index (χ3n) is 0.407. The number of hydrogen-bond acceptors (Lipinski definition) is 8. The van der Waals surface area contributed by atoms with Crippen LogP contribution in [-0.2, 0) is 4.79 Å². The van der Waals surface area contributed by atoms with Gasteiger partial charge in [0.05, 0.1) is 0 Å². The number of hydrogen-bond donors (Lipinski definition) is 5. The van der Waals surface area contributed by atoms with Gasteiger partial charge in [-0.05, 0) is 13.3 Å². The molecule has 0 radical (unpaired) electrons. The minimum absolute atomic E-state index is 0. The van der Waals surface area contributed by atoms with Crippen LogP contribution < -0.4 is 0 Å². The van der Waals surface area contributed by atoms with Crippen LogP contribution in [0.4, 0.5) is 0 Å². The Hall–Kier alpha value is -1.01. The smallest absolute Gasteiger partial charge is 0.119 e. The highest BCUT2D eigenvalue weighted by atomic mass is 17.0. The molecule has 0 saturated heterocycles. The van der Waals surface area contributed by atoms with E-state index in [9.17, 15) is 4.79 Å². The lowest BCUT2D eigenvalue weighted by molar-refractivity contribution is -0.176. The molecule has 10 nitrogen and oxygen atoms in total. The summed E-state index contributed by atoms with van der Waals surface area (Å²) in [6, 6.07) is 0. The van der Waals surface area contributed by atoms with Crippen LogP contribution in [0.25, 0.3) is 0 Å². The molecule has 0 aromatic rings. The van der Waals surface area contributed by atoms with E-state index >= 15 is 0 Å². The summed E-state index contributed by atoms with van der Waals surface area (Å²) < 4.78 is 0. The number of unbranched alkanes of at least 4 members (excludes halogenated alkanes) is 1. The molecule has 0 amide bonds. The minimum Gasteiger partial charge on any atom is -0.412 e. The predicted octanol–water partition coefficient (Wildman–Crippen LogP) is -0.318. The van der Waals surface area contributed by atoms with Crippen LogP contribution in [0.5, 0.6) is 0 Å².